The van der Waals surface area contributed by atoms with E-state index in [1.165, 1.54) is 60.9 Å². The van der Waals surface area contributed by atoms with Gasteiger partial charge in [0.2, 0.25) is 0 Å². The number of carbonyl (C=O) groups excluding carboxylic acids is 1. The predicted molar refractivity (Wildman–Crippen MR) is 162 cm³/mol. The molecular weight excluding hydrogens is 590 g/mol. The van der Waals surface area contributed by atoms with E-state index >= 15 is 0 Å². The number of rotatable bonds is 9. The highest BCUT2D eigenvalue weighted by molar-refractivity contribution is 7.90. The van der Waals surface area contributed by atoms with Crippen LogP contribution in [0.15, 0.2) is 120 Å². The lowest BCUT2D eigenvalue weighted by Crippen LogP contribution is -2.33. The molecule has 5 aromatic rings. The number of anilines is 2. The average Bonchev–Trinajstić information content (AvgIpc) is 3.65. The van der Waals surface area contributed by atoms with Gasteiger partial charge in [0.15, 0.2) is 0 Å². The number of para-hydroxylation sites is 2. The number of nitrogens with zero attached hydrogens (tertiary/aromatic N) is 4. The quantitative estimate of drug-likeness (QED) is 0.146. The highest BCUT2D eigenvalue weighted by Gasteiger charge is 2.26. The molecule has 2 N–H and O–H groups in total. The molecule has 0 atom stereocenters. The average molecular weight is 618 g/mol. The Morgan fingerprint density at radius 1 is 0.884 bits per heavy atom. The summed E-state index contributed by atoms with van der Waals surface area (Å²) in [5.41, 5.74) is 9.03. The number of amides is 1. The first-order valence-corrected chi connectivity index (χ1v) is 15.7. The van der Waals surface area contributed by atoms with E-state index in [0.29, 0.717) is 10.6 Å². The Morgan fingerprint density at radius 2 is 1.56 bits per heavy atom. The van der Waals surface area contributed by atoms with Gasteiger partial charge >= 0.3 is 10.1 Å². The van der Waals surface area contributed by atoms with Crippen molar-refractivity contribution in [3.63, 3.8) is 0 Å². The molecule has 11 nitrogen and oxygen atoms in total. The van der Waals surface area contributed by atoms with Crippen molar-refractivity contribution < 1.29 is 25.9 Å². The van der Waals surface area contributed by atoms with Gasteiger partial charge in [-0.25, -0.2) is 12.4 Å². The molecule has 0 bridgehead atoms. The Kier molecular flexibility index (Phi) is 8.04. The molecule has 0 aliphatic rings. The van der Waals surface area contributed by atoms with E-state index in [4.69, 9.17) is 10.0 Å². The van der Waals surface area contributed by atoms with E-state index in [1.54, 1.807) is 61.2 Å². The highest BCUT2D eigenvalue weighted by Crippen LogP contribution is 2.27. The van der Waals surface area contributed by atoms with Crippen LogP contribution in [0.4, 0.5) is 11.4 Å². The molecule has 13 heteroatoms. The summed E-state index contributed by atoms with van der Waals surface area (Å²) in [6.07, 6.45) is 8.59. The van der Waals surface area contributed by atoms with Crippen molar-refractivity contribution in [2.45, 2.75) is 16.7 Å². The van der Waals surface area contributed by atoms with Crippen molar-refractivity contribution in [3.8, 4) is 11.1 Å². The first-order valence-electron chi connectivity index (χ1n) is 12.8. The smallest absolute Gasteiger partial charge is 0.318 e. The molecule has 0 saturated heterocycles. The third kappa shape index (κ3) is 6.43. The second kappa shape index (κ2) is 11.7. The van der Waals surface area contributed by atoms with Gasteiger partial charge in [-0.15, -0.1) is 4.28 Å². The van der Waals surface area contributed by atoms with Crippen LogP contribution in [0.1, 0.15) is 11.1 Å². The zero-order valence-electron chi connectivity index (χ0n) is 23.1. The maximum atomic E-state index is 13.3. The largest absolute Gasteiger partial charge is 0.397 e. The van der Waals surface area contributed by atoms with Crippen LogP contribution in [-0.2, 0) is 36.3 Å². The number of hydroxylamine groups is 1. The van der Waals surface area contributed by atoms with Gasteiger partial charge in [0.1, 0.15) is 0 Å². The number of nitrogens with two attached hydrogens (primary N) is 1. The Bertz CT molecular complexity index is 2030. The lowest BCUT2D eigenvalue weighted by Gasteiger charge is -2.21. The topological polar surface area (TPSA) is 147 Å². The van der Waals surface area contributed by atoms with Crippen molar-refractivity contribution in [1.29, 1.82) is 0 Å². The summed E-state index contributed by atoms with van der Waals surface area (Å²) < 4.78 is 60.4. The summed E-state index contributed by atoms with van der Waals surface area (Å²) in [5, 5.41) is 4.71. The number of benzene rings is 3. The monoisotopic (exact) mass is 617 g/mol. The molecule has 43 heavy (non-hydrogen) atoms. The Balaban J connectivity index is 1.38. The van der Waals surface area contributed by atoms with Gasteiger partial charge in [-0.05, 0) is 66.6 Å². The molecule has 0 fully saturated rings. The molecule has 0 saturated carbocycles. The van der Waals surface area contributed by atoms with E-state index in [-0.39, 0.29) is 21.2 Å². The van der Waals surface area contributed by atoms with Gasteiger partial charge < -0.3 is 5.73 Å². The van der Waals surface area contributed by atoms with Crippen LogP contribution in [-0.4, -0.2) is 36.5 Å². The normalized spacial score (nSPS) is 12.0. The van der Waals surface area contributed by atoms with Gasteiger partial charge in [-0.2, -0.15) is 18.6 Å². The van der Waals surface area contributed by atoms with Gasteiger partial charge in [-0.1, -0.05) is 42.0 Å². The fourth-order valence-electron chi connectivity index (χ4n) is 4.10. The van der Waals surface area contributed by atoms with Crippen molar-refractivity contribution in [2.75, 3.05) is 10.8 Å². The van der Waals surface area contributed by atoms with Gasteiger partial charge in [0.05, 0.1) is 27.4 Å². The van der Waals surface area contributed by atoms with E-state index in [9.17, 15) is 21.6 Å². The molecule has 0 aliphatic heterocycles. The molecular formula is C30H27N5O6S2. The Morgan fingerprint density at radius 3 is 2.21 bits per heavy atom. The summed E-state index contributed by atoms with van der Waals surface area (Å²) >= 11 is 0. The zero-order chi connectivity index (χ0) is 30.8. The molecule has 2 heterocycles. The molecule has 0 spiro atoms. The number of aryl methyl sites for hydroxylation is 2. The first-order chi connectivity index (χ1) is 20.4. The minimum absolute atomic E-state index is 0.0164. The summed E-state index contributed by atoms with van der Waals surface area (Å²) in [5.74, 6) is -0.866. The number of hydrogen-bond acceptors (Lipinski definition) is 8. The van der Waals surface area contributed by atoms with E-state index < -0.39 is 26.0 Å². The van der Waals surface area contributed by atoms with Crippen LogP contribution in [0.3, 0.4) is 0 Å². The zero-order valence-corrected chi connectivity index (χ0v) is 24.7. The summed E-state index contributed by atoms with van der Waals surface area (Å²) in [6.45, 7) is 1.81. The molecule has 2 aromatic heterocycles. The van der Waals surface area contributed by atoms with E-state index in [2.05, 4.69) is 5.10 Å². The maximum absolute atomic E-state index is 13.3. The van der Waals surface area contributed by atoms with Gasteiger partial charge in [0, 0.05) is 37.3 Å². The number of aromatic nitrogens is 3. The van der Waals surface area contributed by atoms with Crippen LogP contribution in [0.25, 0.3) is 17.2 Å². The fourth-order valence-corrected chi connectivity index (χ4v) is 6.21. The van der Waals surface area contributed by atoms with Crippen LogP contribution >= 0.6 is 0 Å². The Labute approximate surface area is 249 Å². The fraction of sp³-hybridized carbons (Fsp3) is 0.0667. The minimum atomic E-state index is -4.41. The van der Waals surface area contributed by atoms with E-state index in [1.807, 2.05) is 6.20 Å². The number of hydrogen-bond donors (Lipinski definition) is 1. The SMILES string of the molecule is Cc1ccc(S(=O)(=O)ON(C(=O)C=Cc2ccn(S(=O)(=O)c3ccc(-c4cnn(C)c4)cc3)c2)c2ccccc2N)cc1. The third-order valence-electron chi connectivity index (χ3n) is 6.41. The van der Waals surface area contributed by atoms with Crippen LogP contribution in [0.2, 0.25) is 0 Å². The van der Waals surface area contributed by atoms with Crippen molar-refractivity contribution >= 4 is 43.5 Å². The molecule has 0 unspecified atom stereocenters. The molecule has 1 amide bonds. The molecule has 0 radical (unpaired) electrons. The molecule has 5 rings (SSSR count). The van der Waals surface area contributed by atoms with Crippen molar-refractivity contribution in [1.82, 2.24) is 13.8 Å². The van der Waals surface area contributed by atoms with Crippen LogP contribution in [0, 0.1) is 6.92 Å². The second-order valence-corrected chi connectivity index (χ2v) is 12.9. The first kappa shape index (κ1) is 29.5. The number of carbonyl (C=O) groups is 1. The lowest BCUT2D eigenvalue weighted by atomic mass is 10.1. The summed E-state index contributed by atoms with van der Waals surface area (Å²) in [7, 11) is -6.54. The third-order valence-corrected chi connectivity index (χ3v) is 9.26. The second-order valence-electron chi connectivity index (χ2n) is 9.57. The predicted octanol–water partition coefficient (Wildman–Crippen LogP) is 4.38. The maximum Gasteiger partial charge on any atom is 0.318 e. The van der Waals surface area contributed by atoms with Crippen LogP contribution in [0.5, 0.6) is 0 Å². The van der Waals surface area contributed by atoms with Gasteiger partial charge in [-0.3, -0.25) is 9.48 Å². The molecule has 3 aromatic carbocycles. The van der Waals surface area contributed by atoms with E-state index in [0.717, 1.165) is 26.7 Å². The van der Waals surface area contributed by atoms with Crippen molar-refractivity contribution in [3.05, 3.63) is 121 Å². The highest BCUT2D eigenvalue weighted by atomic mass is 32.2. The Hall–Kier alpha value is -4.98. The molecule has 0 aliphatic carbocycles. The summed E-state index contributed by atoms with van der Waals surface area (Å²) in [6, 6.07) is 20.0. The molecule has 220 valence electrons. The lowest BCUT2D eigenvalue weighted by molar-refractivity contribution is -0.117. The van der Waals surface area contributed by atoms with Gasteiger partial charge in [0.25, 0.3) is 15.9 Å². The van der Waals surface area contributed by atoms with Crippen molar-refractivity contribution in [2.24, 2.45) is 7.05 Å². The summed E-state index contributed by atoms with van der Waals surface area (Å²) in [4.78, 5) is 13.2. The number of nitrogen functional groups attached to an aromatic ring is 1. The minimum Gasteiger partial charge on any atom is -0.397 e. The standard InChI is InChI=1S/C30H27N5O6S2/c1-22-7-12-27(13-8-22)43(39,40)41-35(29-6-4-3-5-28(29)31)30(36)16-9-23-17-18-34(20-23)42(37,38)26-14-10-24(11-15-26)25-19-32-33(2)21-25/h3-21H,31H2,1-2H3. The van der Waals surface area contributed by atoms with Crippen LogP contribution < -0.4 is 10.8 Å².